The van der Waals surface area contributed by atoms with E-state index in [2.05, 4.69) is 5.14 Å². The molecule has 0 unspecified atom stereocenters. The molecule has 25 heavy (non-hydrogen) atoms. The van der Waals surface area contributed by atoms with Gasteiger partial charge >= 0.3 is 5.97 Å². The van der Waals surface area contributed by atoms with E-state index < -0.39 is 49.1 Å². The Bertz CT molecular complexity index is 917. The first-order valence-corrected chi connectivity index (χ1v) is 8.91. The molecule has 0 saturated carbocycles. The highest BCUT2D eigenvalue weighted by Crippen LogP contribution is 2.34. The van der Waals surface area contributed by atoms with Crippen LogP contribution >= 0.6 is 11.8 Å². The van der Waals surface area contributed by atoms with Crippen molar-refractivity contribution >= 4 is 27.8 Å². The maximum absolute atomic E-state index is 13.9. The molecule has 0 aliphatic rings. The van der Waals surface area contributed by atoms with Crippen LogP contribution in [0.4, 0.5) is 17.6 Å². The van der Waals surface area contributed by atoms with Crippen LogP contribution in [0, 0.1) is 23.3 Å². The summed E-state index contributed by atoms with van der Waals surface area (Å²) in [4.78, 5) is 7.79. The Balaban J connectivity index is 2.36. The quantitative estimate of drug-likeness (QED) is 0.461. The maximum atomic E-state index is 13.9. The number of nitrogens with two attached hydrogens (primary N) is 1. The Morgan fingerprint density at radius 1 is 1.00 bits per heavy atom. The summed E-state index contributed by atoms with van der Waals surface area (Å²) in [7, 11) is -5.00. The molecular formula is C14H9F4NO4S2. The number of benzene rings is 2. The van der Waals surface area contributed by atoms with Gasteiger partial charge in [-0.2, -0.15) is 0 Å². The molecule has 134 valence electrons. The third kappa shape index (κ3) is 3.94. The van der Waals surface area contributed by atoms with Crippen molar-refractivity contribution in [3.8, 4) is 0 Å². The van der Waals surface area contributed by atoms with Gasteiger partial charge in [-0.1, -0.05) is 12.1 Å². The number of halogens is 4. The van der Waals surface area contributed by atoms with Gasteiger partial charge in [-0.25, -0.2) is 35.9 Å². The summed E-state index contributed by atoms with van der Waals surface area (Å²) in [6.45, 7) is 0. The number of primary sulfonamides is 1. The van der Waals surface area contributed by atoms with Crippen LogP contribution in [-0.2, 0) is 15.8 Å². The lowest BCUT2D eigenvalue weighted by Crippen LogP contribution is -2.19. The molecule has 5 nitrogen and oxygen atoms in total. The number of aromatic carboxylic acids is 1. The first-order chi connectivity index (χ1) is 11.5. The number of rotatable bonds is 5. The van der Waals surface area contributed by atoms with E-state index in [1.165, 1.54) is 24.3 Å². The zero-order valence-corrected chi connectivity index (χ0v) is 13.7. The van der Waals surface area contributed by atoms with Crippen LogP contribution in [0.1, 0.15) is 15.9 Å². The Morgan fingerprint density at radius 3 is 1.88 bits per heavy atom. The zero-order valence-electron chi connectivity index (χ0n) is 12.1. The fraction of sp³-hybridized carbons (Fsp3) is 0.0714. The van der Waals surface area contributed by atoms with Crippen molar-refractivity contribution in [1.29, 1.82) is 0 Å². The standard InChI is InChI=1S/C14H9F4NO4S2/c15-8-10(17)13(25(19,22)23)11(18)9(16)12(8)24-5-6-1-3-7(4-2-6)14(20)21/h1-4H,5H2,(H,20,21)(H2,19,22,23). The SMILES string of the molecule is NS(=O)(=O)c1c(F)c(F)c(SCc2ccc(C(=O)O)cc2)c(F)c1F. The molecule has 2 rings (SSSR count). The first kappa shape index (κ1) is 19.2. The number of sulfonamides is 1. The van der Waals surface area contributed by atoms with Gasteiger partial charge in [0, 0.05) is 5.75 Å². The minimum absolute atomic E-state index is 0.0132. The largest absolute Gasteiger partial charge is 0.478 e. The van der Waals surface area contributed by atoms with E-state index in [-0.39, 0.29) is 11.3 Å². The molecule has 0 aliphatic heterocycles. The summed E-state index contributed by atoms with van der Waals surface area (Å²) < 4.78 is 77.4. The molecule has 0 fully saturated rings. The third-order valence-electron chi connectivity index (χ3n) is 3.05. The maximum Gasteiger partial charge on any atom is 0.335 e. The highest BCUT2D eigenvalue weighted by molar-refractivity contribution is 7.98. The molecule has 0 saturated heterocycles. The molecule has 0 atom stereocenters. The van der Waals surface area contributed by atoms with Crippen LogP contribution < -0.4 is 5.14 Å². The lowest BCUT2D eigenvalue weighted by Gasteiger charge is -2.10. The molecule has 11 heteroatoms. The molecule has 0 bridgehead atoms. The van der Waals surface area contributed by atoms with Crippen molar-refractivity contribution in [3.63, 3.8) is 0 Å². The zero-order chi connectivity index (χ0) is 18.9. The summed E-state index contributed by atoms with van der Waals surface area (Å²) in [6, 6.07) is 5.21. The molecule has 0 heterocycles. The summed E-state index contributed by atoms with van der Waals surface area (Å²) in [5.74, 6) is -9.29. The average Bonchev–Trinajstić information content (AvgIpc) is 2.52. The highest BCUT2D eigenvalue weighted by Gasteiger charge is 2.31. The Labute approximate surface area is 143 Å². The van der Waals surface area contributed by atoms with E-state index in [4.69, 9.17) is 5.11 Å². The number of thioether (sulfide) groups is 1. The smallest absolute Gasteiger partial charge is 0.335 e. The molecule has 2 aromatic rings. The molecule has 2 aromatic carbocycles. The molecular weight excluding hydrogens is 386 g/mol. The van der Waals surface area contributed by atoms with Crippen LogP contribution in [0.25, 0.3) is 0 Å². The van der Waals surface area contributed by atoms with Gasteiger partial charge in [0.1, 0.15) is 0 Å². The molecule has 3 N–H and O–H groups in total. The van der Waals surface area contributed by atoms with E-state index in [9.17, 15) is 30.8 Å². The normalized spacial score (nSPS) is 11.6. The first-order valence-electron chi connectivity index (χ1n) is 6.37. The summed E-state index contributed by atoms with van der Waals surface area (Å²) in [5, 5.41) is 13.3. The van der Waals surface area contributed by atoms with Crippen molar-refractivity contribution in [2.75, 3.05) is 0 Å². The van der Waals surface area contributed by atoms with Gasteiger partial charge in [-0.3, -0.25) is 0 Å². The van der Waals surface area contributed by atoms with Crippen LogP contribution in [0.5, 0.6) is 0 Å². The topological polar surface area (TPSA) is 97.5 Å². The van der Waals surface area contributed by atoms with Gasteiger partial charge in [-0.15, -0.1) is 11.8 Å². The second kappa shape index (κ2) is 7.02. The molecule has 0 aliphatic carbocycles. The minimum Gasteiger partial charge on any atom is -0.478 e. The van der Waals surface area contributed by atoms with Crippen molar-refractivity contribution < 1.29 is 35.9 Å². The number of hydrogen-bond acceptors (Lipinski definition) is 4. The molecule has 0 amide bonds. The lowest BCUT2D eigenvalue weighted by molar-refractivity contribution is 0.0697. The Hall–Kier alpha value is -2.11. The van der Waals surface area contributed by atoms with E-state index in [0.29, 0.717) is 17.3 Å². The van der Waals surface area contributed by atoms with Gasteiger partial charge in [0.25, 0.3) is 0 Å². The fourth-order valence-corrected chi connectivity index (χ4v) is 3.48. The number of hydrogen-bond donors (Lipinski definition) is 2. The second-order valence-corrected chi connectivity index (χ2v) is 7.23. The molecule has 0 aromatic heterocycles. The van der Waals surface area contributed by atoms with Crippen LogP contribution in [0.15, 0.2) is 34.1 Å². The van der Waals surface area contributed by atoms with Gasteiger partial charge in [0.15, 0.2) is 28.2 Å². The number of carboxylic acid groups (broad SMARTS) is 1. The molecule has 0 spiro atoms. The van der Waals surface area contributed by atoms with Gasteiger partial charge < -0.3 is 5.11 Å². The van der Waals surface area contributed by atoms with E-state index in [1.54, 1.807) is 0 Å². The average molecular weight is 395 g/mol. The van der Waals surface area contributed by atoms with Crippen LogP contribution in [0.3, 0.4) is 0 Å². The van der Waals surface area contributed by atoms with Crippen LogP contribution in [-0.4, -0.2) is 19.5 Å². The summed E-state index contributed by atoms with van der Waals surface area (Å²) in [6.07, 6.45) is 0. The Morgan fingerprint density at radius 2 is 1.48 bits per heavy atom. The van der Waals surface area contributed by atoms with Gasteiger partial charge in [0.05, 0.1) is 10.5 Å². The number of carboxylic acids is 1. The van der Waals surface area contributed by atoms with E-state index >= 15 is 0 Å². The van der Waals surface area contributed by atoms with Gasteiger partial charge in [0.2, 0.25) is 10.0 Å². The van der Waals surface area contributed by atoms with Crippen molar-refractivity contribution in [2.24, 2.45) is 5.14 Å². The minimum atomic E-state index is -5.00. The molecule has 0 radical (unpaired) electrons. The summed E-state index contributed by atoms with van der Waals surface area (Å²) >= 11 is 0.376. The Kier molecular flexibility index (Phi) is 5.40. The fourth-order valence-electron chi connectivity index (χ4n) is 1.87. The summed E-state index contributed by atoms with van der Waals surface area (Å²) in [5.41, 5.74) is 0.408. The monoisotopic (exact) mass is 395 g/mol. The third-order valence-corrected chi connectivity index (χ3v) is 5.10. The van der Waals surface area contributed by atoms with Crippen LogP contribution in [0.2, 0.25) is 0 Å². The lowest BCUT2D eigenvalue weighted by atomic mass is 10.1. The van der Waals surface area contributed by atoms with E-state index in [0.717, 1.165) is 0 Å². The predicted molar refractivity (Wildman–Crippen MR) is 80.6 cm³/mol. The van der Waals surface area contributed by atoms with Crippen molar-refractivity contribution in [3.05, 3.63) is 58.7 Å². The second-order valence-electron chi connectivity index (χ2n) is 4.75. The van der Waals surface area contributed by atoms with Crippen molar-refractivity contribution in [2.45, 2.75) is 15.5 Å². The highest BCUT2D eigenvalue weighted by atomic mass is 32.2. The van der Waals surface area contributed by atoms with E-state index in [1.807, 2.05) is 0 Å². The number of carbonyl (C=O) groups is 1. The van der Waals surface area contributed by atoms with Crippen molar-refractivity contribution in [1.82, 2.24) is 0 Å². The van der Waals surface area contributed by atoms with Gasteiger partial charge in [-0.05, 0) is 17.7 Å². The predicted octanol–water partition coefficient (Wildman–Crippen LogP) is 2.88.